The van der Waals surface area contributed by atoms with Crippen LogP contribution in [0.3, 0.4) is 0 Å². The minimum absolute atomic E-state index is 0.000651. The van der Waals surface area contributed by atoms with Crippen LogP contribution < -0.4 is 25.8 Å². The lowest BCUT2D eigenvalue weighted by atomic mass is 9.88. The van der Waals surface area contributed by atoms with Crippen LogP contribution in [0, 0.1) is 12.7 Å². The summed E-state index contributed by atoms with van der Waals surface area (Å²) in [7, 11) is 1.56. The van der Waals surface area contributed by atoms with Crippen molar-refractivity contribution in [3.8, 4) is 22.6 Å². The maximum absolute atomic E-state index is 13.9. The molecule has 2 unspecified atom stereocenters. The molecule has 3 aromatic carbocycles. The van der Waals surface area contributed by atoms with E-state index in [0.717, 1.165) is 35.2 Å². The highest BCUT2D eigenvalue weighted by molar-refractivity contribution is 5.99. The first-order chi connectivity index (χ1) is 21.7. The maximum atomic E-state index is 13.9. The summed E-state index contributed by atoms with van der Waals surface area (Å²) in [4.78, 5) is 42.9. The van der Waals surface area contributed by atoms with Crippen LogP contribution in [0.2, 0.25) is 0 Å². The number of nitrogens with zero attached hydrogens (tertiary/aromatic N) is 1. The van der Waals surface area contributed by atoms with Crippen LogP contribution >= 0.6 is 0 Å². The fourth-order valence-corrected chi connectivity index (χ4v) is 5.83. The van der Waals surface area contributed by atoms with Crippen LogP contribution in [0.5, 0.6) is 11.5 Å². The van der Waals surface area contributed by atoms with Crippen molar-refractivity contribution in [2.24, 2.45) is 5.73 Å². The molecule has 1 aliphatic heterocycles. The van der Waals surface area contributed by atoms with Gasteiger partial charge in [-0.05, 0) is 90.6 Å². The zero-order valence-corrected chi connectivity index (χ0v) is 24.9. The third kappa shape index (κ3) is 5.95. The van der Waals surface area contributed by atoms with E-state index >= 15 is 0 Å². The predicted octanol–water partition coefficient (Wildman–Crippen LogP) is 4.83. The number of benzene rings is 3. The molecule has 4 N–H and O–H groups in total. The monoisotopic (exact) mass is 608 g/mol. The van der Waals surface area contributed by atoms with Gasteiger partial charge in [-0.2, -0.15) is 0 Å². The molecule has 0 saturated heterocycles. The molecule has 6 rings (SSSR count). The van der Waals surface area contributed by atoms with E-state index in [2.05, 4.69) is 15.6 Å². The van der Waals surface area contributed by atoms with Gasteiger partial charge >= 0.3 is 0 Å². The number of primary amides is 1. The van der Waals surface area contributed by atoms with Gasteiger partial charge < -0.3 is 25.8 Å². The molecule has 9 nitrogen and oxygen atoms in total. The van der Waals surface area contributed by atoms with Gasteiger partial charge in [0.2, 0.25) is 11.8 Å². The van der Waals surface area contributed by atoms with E-state index in [9.17, 15) is 18.8 Å². The summed E-state index contributed by atoms with van der Waals surface area (Å²) < 4.78 is 25.8. The second-order valence-corrected chi connectivity index (χ2v) is 11.4. The molecule has 2 aliphatic rings. The summed E-state index contributed by atoms with van der Waals surface area (Å²) in [5, 5.41) is 5.89. The minimum atomic E-state index is -0.678. The van der Waals surface area contributed by atoms with E-state index in [-0.39, 0.29) is 30.7 Å². The van der Waals surface area contributed by atoms with Crippen LogP contribution in [-0.2, 0) is 15.1 Å². The second kappa shape index (κ2) is 12.0. The van der Waals surface area contributed by atoms with E-state index in [1.807, 2.05) is 37.3 Å². The molecule has 0 spiro atoms. The number of aromatic nitrogens is 1. The second-order valence-electron chi connectivity index (χ2n) is 11.4. The number of carbonyl (C=O) groups is 3. The normalized spacial score (nSPS) is 17.5. The molecule has 0 bridgehead atoms. The molecule has 230 valence electrons. The Bertz CT molecular complexity index is 1770. The Balaban J connectivity index is 1.37. The van der Waals surface area contributed by atoms with E-state index < -0.39 is 23.5 Å². The number of nitrogens with one attached hydrogen (secondary N) is 2. The number of amides is 3. The highest BCUT2D eigenvalue weighted by Gasteiger charge is 2.47. The third-order valence-electron chi connectivity index (χ3n) is 8.38. The molecule has 4 aromatic rings. The Hall–Kier alpha value is -5.25. The summed E-state index contributed by atoms with van der Waals surface area (Å²) in [6.45, 7) is 1.92. The molecule has 0 radical (unpaired) electrons. The smallest absolute Gasteiger partial charge is 0.255 e. The molecule has 10 heteroatoms. The van der Waals surface area contributed by atoms with Gasteiger partial charge in [-0.25, -0.2) is 4.39 Å². The van der Waals surface area contributed by atoms with Gasteiger partial charge in [0.15, 0.2) is 0 Å². The average molecular weight is 609 g/mol. The van der Waals surface area contributed by atoms with E-state index in [4.69, 9.17) is 15.2 Å². The number of fused-ring (bicyclic) bond motifs is 1. The van der Waals surface area contributed by atoms with Crippen LogP contribution in [0.25, 0.3) is 11.1 Å². The van der Waals surface area contributed by atoms with Crippen molar-refractivity contribution in [1.29, 1.82) is 0 Å². The van der Waals surface area contributed by atoms with Gasteiger partial charge in [0.25, 0.3) is 5.91 Å². The number of hydrogen-bond acceptors (Lipinski definition) is 6. The summed E-state index contributed by atoms with van der Waals surface area (Å²) in [6, 6.07) is 20.7. The minimum Gasteiger partial charge on any atom is -0.492 e. The standard InChI is InChI=1S/C35H33FN4O5/c1-20-17-28(44-16-12-30(37)41)26(33(42)40-35(13-14-35)29-5-3-4-15-39-29)19-24(20)22-8-11-27-25(18-22)31(34(43)38-2)32(45-27)21-6-9-23(36)10-7-21/h3-11,15,17-19,31-32H,12-14,16H2,1-2H3,(H2,37,41)(H,38,43)(H,40,42). The van der Waals surface area contributed by atoms with Crippen LogP contribution in [0.15, 0.2) is 79.0 Å². The summed E-state index contributed by atoms with van der Waals surface area (Å²) in [5.41, 5.74) is 9.55. The first kappa shape index (κ1) is 29.8. The van der Waals surface area contributed by atoms with Crippen molar-refractivity contribution in [3.05, 3.63) is 113 Å². The van der Waals surface area contributed by atoms with Gasteiger partial charge in [0.1, 0.15) is 29.3 Å². The van der Waals surface area contributed by atoms with Crippen molar-refractivity contribution < 1.29 is 28.2 Å². The molecule has 45 heavy (non-hydrogen) atoms. The number of hydrogen-bond donors (Lipinski definition) is 3. The van der Waals surface area contributed by atoms with Gasteiger partial charge in [-0.1, -0.05) is 24.3 Å². The van der Waals surface area contributed by atoms with Crippen LogP contribution in [-0.4, -0.2) is 36.4 Å². The molecule has 3 amide bonds. The zero-order chi connectivity index (χ0) is 31.7. The molecule has 1 aliphatic carbocycles. The molecule has 2 heterocycles. The van der Waals surface area contributed by atoms with Crippen molar-refractivity contribution >= 4 is 17.7 Å². The number of halogens is 1. The average Bonchev–Trinajstić information content (AvgIpc) is 3.72. The first-order valence-electron chi connectivity index (χ1n) is 14.8. The zero-order valence-electron chi connectivity index (χ0n) is 24.9. The van der Waals surface area contributed by atoms with E-state index in [1.165, 1.54) is 12.1 Å². The van der Waals surface area contributed by atoms with Crippen molar-refractivity contribution in [1.82, 2.24) is 15.6 Å². The Kier molecular flexibility index (Phi) is 7.97. The Labute approximate surface area is 260 Å². The van der Waals surface area contributed by atoms with Crippen LogP contribution in [0.1, 0.15) is 64.0 Å². The highest BCUT2D eigenvalue weighted by atomic mass is 19.1. The Morgan fingerprint density at radius 3 is 2.51 bits per heavy atom. The lowest BCUT2D eigenvalue weighted by Gasteiger charge is -2.20. The lowest BCUT2D eigenvalue weighted by molar-refractivity contribution is -0.123. The number of aryl methyl sites for hydroxylation is 1. The largest absolute Gasteiger partial charge is 0.492 e. The molecule has 2 atom stereocenters. The number of likely N-dealkylation sites (N-methyl/N-ethyl adjacent to an activating group) is 1. The predicted molar refractivity (Wildman–Crippen MR) is 165 cm³/mol. The van der Waals surface area contributed by atoms with E-state index in [1.54, 1.807) is 43.6 Å². The molecule has 1 aromatic heterocycles. The number of carbonyl (C=O) groups excluding carboxylic acids is 3. The molecule has 1 saturated carbocycles. The Morgan fingerprint density at radius 2 is 1.84 bits per heavy atom. The Morgan fingerprint density at radius 1 is 1.07 bits per heavy atom. The van der Waals surface area contributed by atoms with Gasteiger partial charge in [-0.15, -0.1) is 0 Å². The molecule has 1 fully saturated rings. The van der Waals surface area contributed by atoms with Crippen molar-refractivity contribution in [3.63, 3.8) is 0 Å². The summed E-state index contributed by atoms with van der Waals surface area (Å²) in [6.07, 6.45) is 2.58. The van der Waals surface area contributed by atoms with E-state index in [0.29, 0.717) is 28.2 Å². The topological polar surface area (TPSA) is 133 Å². The molecular formula is C35H33FN4O5. The SMILES string of the molecule is CNC(=O)C1c2cc(-c3cc(C(=O)NC4(c5ccccn5)CC4)c(OCCC(N)=O)cc3C)ccc2OC1c1ccc(F)cc1. The number of ether oxygens (including phenoxy) is 2. The first-order valence-corrected chi connectivity index (χ1v) is 14.8. The van der Waals surface area contributed by atoms with Crippen molar-refractivity contribution in [2.45, 2.75) is 43.7 Å². The number of pyridine rings is 1. The summed E-state index contributed by atoms with van der Waals surface area (Å²) in [5.74, 6) is -1.25. The molecular weight excluding hydrogens is 575 g/mol. The fraction of sp³-hybridized carbons (Fsp3) is 0.257. The third-order valence-corrected chi connectivity index (χ3v) is 8.38. The van der Waals surface area contributed by atoms with Crippen LogP contribution in [0.4, 0.5) is 4.39 Å². The van der Waals surface area contributed by atoms with Crippen molar-refractivity contribution in [2.75, 3.05) is 13.7 Å². The van der Waals surface area contributed by atoms with Gasteiger partial charge in [0.05, 0.1) is 29.8 Å². The maximum Gasteiger partial charge on any atom is 0.255 e. The van der Waals surface area contributed by atoms with Gasteiger partial charge in [-0.3, -0.25) is 19.4 Å². The number of nitrogens with two attached hydrogens (primary N) is 1. The van der Waals surface area contributed by atoms with Gasteiger partial charge in [0, 0.05) is 18.8 Å². The lowest BCUT2D eigenvalue weighted by Crippen LogP contribution is -2.35. The summed E-state index contributed by atoms with van der Waals surface area (Å²) >= 11 is 0. The highest BCUT2D eigenvalue weighted by Crippen LogP contribution is 2.48. The fourth-order valence-electron chi connectivity index (χ4n) is 5.83. The quantitative estimate of drug-likeness (QED) is 0.236. The number of rotatable bonds is 10.